The number of benzene rings is 1. The van der Waals surface area contributed by atoms with E-state index in [1.54, 1.807) is 10.9 Å². The lowest BCUT2D eigenvalue weighted by Gasteiger charge is -2.39. The van der Waals surface area contributed by atoms with E-state index in [4.69, 9.17) is 0 Å². The van der Waals surface area contributed by atoms with Crippen LogP contribution in [0.2, 0.25) is 0 Å². The molecule has 0 radical (unpaired) electrons. The first-order valence-electron chi connectivity index (χ1n) is 8.55. The minimum Gasteiger partial charge on any atom is -0.355 e. The first kappa shape index (κ1) is 16.3. The predicted molar refractivity (Wildman–Crippen MR) is 99.4 cm³/mol. The van der Waals surface area contributed by atoms with Gasteiger partial charge in [-0.2, -0.15) is 5.10 Å². The van der Waals surface area contributed by atoms with Crippen molar-refractivity contribution in [1.29, 1.82) is 0 Å². The Morgan fingerprint density at radius 1 is 1.12 bits per heavy atom. The first-order valence-corrected chi connectivity index (χ1v) is 8.55. The molecule has 4 rings (SSSR count). The minimum atomic E-state index is -0.0419. The summed E-state index contributed by atoms with van der Waals surface area (Å²) in [5.41, 5.74) is 3.24. The molecule has 2 aromatic heterocycles. The number of carbonyl (C=O) groups excluding carboxylic acids is 1. The Bertz CT molecular complexity index is 931. The molecule has 26 heavy (non-hydrogen) atoms. The number of rotatable bonds is 4. The maximum Gasteiger partial charge on any atom is 0.231 e. The molecule has 1 N–H and O–H groups in total. The lowest BCUT2D eigenvalue weighted by atomic mass is 9.99. The molecule has 7 nitrogen and oxygen atoms in total. The van der Waals surface area contributed by atoms with E-state index in [1.165, 1.54) is 17.5 Å². The lowest BCUT2D eigenvalue weighted by Crippen LogP contribution is -2.52. The van der Waals surface area contributed by atoms with Gasteiger partial charge in [0, 0.05) is 37.2 Å². The van der Waals surface area contributed by atoms with Crippen molar-refractivity contribution in [2.45, 2.75) is 13.8 Å². The summed E-state index contributed by atoms with van der Waals surface area (Å²) in [5.74, 6) is 1.52. The molecular formula is C19H20N6O. The molecule has 1 aromatic carbocycles. The van der Waals surface area contributed by atoms with Gasteiger partial charge in [0.05, 0.1) is 5.92 Å². The second-order valence-electron chi connectivity index (χ2n) is 6.58. The molecule has 1 aliphatic heterocycles. The maximum atomic E-state index is 12.4. The maximum absolute atomic E-state index is 12.4. The molecule has 3 aromatic rings. The van der Waals surface area contributed by atoms with Crippen LogP contribution in [0.3, 0.4) is 0 Å². The highest BCUT2D eigenvalue weighted by atomic mass is 16.2. The Kier molecular flexibility index (Phi) is 4.12. The van der Waals surface area contributed by atoms with Gasteiger partial charge in [-0.25, -0.2) is 14.6 Å². The summed E-state index contributed by atoms with van der Waals surface area (Å²) in [6.45, 7) is 5.39. The van der Waals surface area contributed by atoms with E-state index >= 15 is 0 Å². The van der Waals surface area contributed by atoms with Crippen molar-refractivity contribution >= 4 is 17.4 Å². The van der Waals surface area contributed by atoms with Crippen LogP contribution in [-0.4, -0.2) is 38.7 Å². The number of hydrogen-bond acceptors (Lipinski definition) is 5. The third-order valence-electron chi connectivity index (χ3n) is 4.73. The summed E-state index contributed by atoms with van der Waals surface area (Å²) in [6, 6.07) is 9.70. The molecule has 1 saturated heterocycles. The normalized spacial score (nSPS) is 14.2. The van der Waals surface area contributed by atoms with Crippen molar-refractivity contribution in [2.24, 2.45) is 5.92 Å². The fourth-order valence-electron chi connectivity index (χ4n) is 2.93. The highest BCUT2D eigenvalue weighted by molar-refractivity contribution is 5.94. The third kappa shape index (κ3) is 3.15. The summed E-state index contributed by atoms with van der Waals surface area (Å²) in [4.78, 5) is 23.0. The van der Waals surface area contributed by atoms with Crippen molar-refractivity contribution in [3.05, 3.63) is 60.2 Å². The Labute approximate surface area is 151 Å². The molecule has 1 fully saturated rings. The summed E-state index contributed by atoms with van der Waals surface area (Å²) < 4.78 is 1.69. The molecule has 0 saturated carbocycles. The third-order valence-corrected chi connectivity index (χ3v) is 4.73. The van der Waals surface area contributed by atoms with Crippen LogP contribution >= 0.6 is 0 Å². The van der Waals surface area contributed by atoms with Crippen molar-refractivity contribution in [2.75, 3.05) is 23.3 Å². The van der Waals surface area contributed by atoms with Crippen LogP contribution < -0.4 is 10.2 Å². The molecule has 7 heteroatoms. The Balaban J connectivity index is 1.38. The molecule has 0 bridgehead atoms. The van der Waals surface area contributed by atoms with Crippen LogP contribution in [0.5, 0.6) is 0 Å². The molecular weight excluding hydrogens is 328 g/mol. The van der Waals surface area contributed by atoms with E-state index in [0.717, 1.165) is 11.5 Å². The Morgan fingerprint density at radius 2 is 1.92 bits per heavy atom. The summed E-state index contributed by atoms with van der Waals surface area (Å²) >= 11 is 0. The van der Waals surface area contributed by atoms with Crippen molar-refractivity contribution in [3.8, 4) is 5.82 Å². The molecule has 0 aliphatic carbocycles. The number of aromatic nitrogens is 4. The first-order chi connectivity index (χ1) is 12.6. The Hall–Kier alpha value is -3.22. The molecule has 1 amide bonds. The van der Waals surface area contributed by atoms with Gasteiger partial charge in [-0.05, 0) is 43.2 Å². The molecule has 0 spiro atoms. The number of aryl methyl sites for hydroxylation is 2. The van der Waals surface area contributed by atoms with Crippen LogP contribution in [-0.2, 0) is 4.79 Å². The van der Waals surface area contributed by atoms with Gasteiger partial charge in [-0.3, -0.25) is 4.79 Å². The van der Waals surface area contributed by atoms with Crippen molar-refractivity contribution < 1.29 is 4.79 Å². The van der Waals surface area contributed by atoms with Crippen molar-refractivity contribution in [3.63, 3.8) is 0 Å². The van der Waals surface area contributed by atoms with Gasteiger partial charge in [0.2, 0.25) is 5.91 Å². The minimum absolute atomic E-state index is 0.0419. The van der Waals surface area contributed by atoms with Gasteiger partial charge in [0.1, 0.15) is 12.1 Å². The van der Waals surface area contributed by atoms with E-state index < -0.39 is 0 Å². The SMILES string of the molecule is Cc1ccc(NC(=O)C2CN(c3cc(-n4cccn4)ncn3)C2)cc1C. The number of carbonyl (C=O) groups is 1. The van der Waals surface area contributed by atoms with Crippen LogP contribution in [0.15, 0.2) is 49.1 Å². The van der Waals surface area contributed by atoms with Gasteiger partial charge in [0.25, 0.3) is 0 Å². The number of hydrogen-bond donors (Lipinski definition) is 1. The van der Waals surface area contributed by atoms with Crippen LogP contribution in [0.4, 0.5) is 11.5 Å². The summed E-state index contributed by atoms with van der Waals surface area (Å²) in [6.07, 6.45) is 5.06. The summed E-state index contributed by atoms with van der Waals surface area (Å²) in [5, 5.41) is 7.18. The van der Waals surface area contributed by atoms with Crippen molar-refractivity contribution in [1.82, 2.24) is 19.7 Å². The van der Waals surface area contributed by atoms with Gasteiger partial charge < -0.3 is 10.2 Å². The smallest absolute Gasteiger partial charge is 0.231 e. The average molecular weight is 348 g/mol. The topological polar surface area (TPSA) is 75.9 Å². The quantitative estimate of drug-likeness (QED) is 0.783. The van der Waals surface area contributed by atoms with E-state index in [0.29, 0.717) is 18.9 Å². The van der Waals surface area contributed by atoms with Gasteiger partial charge in [-0.1, -0.05) is 6.07 Å². The highest BCUT2D eigenvalue weighted by Gasteiger charge is 2.33. The molecule has 1 aliphatic rings. The van der Waals surface area contributed by atoms with E-state index in [2.05, 4.69) is 32.2 Å². The fourth-order valence-corrected chi connectivity index (χ4v) is 2.93. The second-order valence-corrected chi connectivity index (χ2v) is 6.58. The second kappa shape index (κ2) is 6.59. The average Bonchev–Trinajstić information content (AvgIpc) is 3.12. The number of nitrogens with one attached hydrogen (secondary N) is 1. The van der Waals surface area contributed by atoms with E-state index in [-0.39, 0.29) is 11.8 Å². The monoisotopic (exact) mass is 348 g/mol. The highest BCUT2D eigenvalue weighted by Crippen LogP contribution is 2.25. The van der Waals surface area contributed by atoms with E-state index in [9.17, 15) is 4.79 Å². The van der Waals surface area contributed by atoms with Gasteiger partial charge in [0.15, 0.2) is 5.82 Å². The van der Waals surface area contributed by atoms with Gasteiger partial charge >= 0.3 is 0 Å². The summed E-state index contributed by atoms with van der Waals surface area (Å²) in [7, 11) is 0. The predicted octanol–water partition coefficient (Wildman–Crippen LogP) is 2.35. The molecule has 0 unspecified atom stereocenters. The number of nitrogens with zero attached hydrogens (tertiary/aromatic N) is 5. The zero-order valence-corrected chi connectivity index (χ0v) is 14.8. The fraction of sp³-hybridized carbons (Fsp3) is 0.263. The molecule has 132 valence electrons. The molecule has 0 atom stereocenters. The van der Waals surface area contributed by atoms with E-state index in [1.807, 2.05) is 43.5 Å². The number of anilines is 2. The molecule has 3 heterocycles. The lowest BCUT2D eigenvalue weighted by molar-refractivity contribution is -0.120. The standard InChI is InChI=1S/C19H20N6O/c1-13-4-5-16(8-14(13)2)23-19(26)15-10-24(11-15)17-9-18(21-12-20-17)25-7-3-6-22-25/h3-9,12,15H,10-11H2,1-2H3,(H,23,26). The zero-order chi connectivity index (χ0) is 18.1. The largest absolute Gasteiger partial charge is 0.355 e. The van der Waals surface area contributed by atoms with Gasteiger partial charge in [-0.15, -0.1) is 0 Å². The zero-order valence-electron chi connectivity index (χ0n) is 14.8. The van der Waals surface area contributed by atoms with Crippen LogP contribution in [0.25, 0.3) is 5.82 Å². The van der Waals surface area contributed by atoms with Crippen LogP contribution in [0, 0.1) is 19.8 Å². The number of amides is 1. The Morgan fingerprint density at radius 3 is 2.65 bits per heavy atom. The van der Waals surface area contributed by atoms with Crippen LogP contribution in [0.1, 0.15) is 11.1 Å².